The van der Waals surface area contributed by atoms with Gasteiger partial charge in [0.1, 0.15) is 0 Å². The van der Waals surface area contributed by atoms with E-state index >= 15 is 0 Å². The molecular formula is C16H27N3O3S. The summed E-state index contributed by atoms with van der Waals surface area (Å²) in [6, 6.07) is 5.89. The highest BCUT2D eigenvalue weighted by Crippen LogP contribution is 2.15. The van der Waals surface area contributed by atoms with Crippen molar-refractivity contribution in [3.05, 3.63) is 24.3 Å². The lowest BCUT2D eigenvalue weighted by atomic mass is 10.2. The summed E-state index contributed by atoms with van der Waals surface area (Å²) in [6.45, 7) is 8.91. The van der Waals surface area contributed by atoms with Crippen LogP contribution in [0.5, 0.6) is 0 Å². The molecule has 23 heavy (non-hydrogen) atoms. The van der Waals surface area contributed by atoms with Gasteiger partial charge in [0.05, 0.1) is 4.90 Å². The van der Waals surface area contributed by atoms with Gasteiger partial charge in [0, 0.05) is 24.8 Å². The van der Waals surface area contributed by atoms with Crippen LogP contribution in [0.3, 0.4) is 0 Å². The first-order valence-corrected chi connectivity index (χ1v) is 9.50. The first-order valence-electron chi connectivity index (χ1n) is 8.02. The first kappa shape index (κ1) is 19.4. The summed E-state index contributed by atoms with van der Waals surface area (Å²) >= 11 is 0. The monoisotopic (exact) mass is 341 g/mol. The van der Waals surface area contributed by atoms with Crippen molar-refractivity contribution in [2.75, 3.05) is 18.4 Å². The minimum Gasteiger partial charge on any atom is -0.325 e. The van der Waals surface area contributed by atoms with Gasteiger partial charge < -0.3 is 10.2 Å². The topological polar surface area (TPSA) is 78.5 Å². The van der Waals surface area contributed by atoms with Crippen molar-refractivity contribution in [1.29, 1.82) is 0 Å². The largest absolute Gasteiger partial charge is 0.325 e. The minimum atomic E-state index is -3.53. The van der Waals surface area contributed by atoms with Crippen LogP contribution in [-0.4, -0.2) is 38.5 Å². The summed E-state index contributed by atoms with van der Waals surface area (Å²) in [7, 11) is -3.53. The van der Waals surface area contributed by atoms with Crippen LogP contribution in [0.25, 0.3) is 0 Å². The van der Waals surface area contributed by atoms with Crippen LogP contribution >= 0.6 is 0 Å². The molecule has 0 saturated heterocycles. The maximum atomic E-state index is 12.2. The molecule has 7 heteroatoms. The molecule has 0 fully saturated rings. The number of hydrogen-bond donors (Lipinski definition) is 2. The summed E-state index contributed by atoms with van der Waals surface area (Å²) in [6.07, 6.45) is 1.71. The normalized spacial score (nSPS) is 12.7. The van der Waals surface area contributed by atoms with E-state index in [1.54, 1.807) is 17.0 Å². The molecule has 0 radical (unpaired) electrons. The van der Waals surface area contributed by atoms with Gasteiger partial charge in [-0.2, -0.15) is 0 Å². The molecule has 0 aliphatic heterocycles. The second-order valence-electron chi connectivity index (χ2n) is 5.44. The Balaban J connectivity index is 2.78. The Bertz CT molecular complexity index is 596. The number of benzene rings is 1. The molecule has 1 aromatic rings. The molecule has 1 atom stereocenters. The van der Waals surface area contributed by atoms with Crippen LogP contribution in [0.15, 0.2) is 29.2 Å². The smallest absolute Gasteiger partial charge is 0.321 e. The molecule has 0 aliphatic carbocycles. The fourth-order valence-electron chi connectivity index (χ4n) is 2.26. The molecule has 1 rings (SSSR count). The Labute approximate surface area is 139 Å². The van der Waals surface area contributed by atoms with Crippen LogP contribution < -0.4 is 10.0 Å². The highest BCUT2D eigenvalue weighted by molar-refractivity contribution is 7.89. The zero-order valence-corrected chi connectivity index (χ0v) is 15.1. The molecule has 1 aromatic carbocycles. The molecule has 0 aromatic heterocycles. The first-order chi connectivity index (χ1) is 10.8. The van der Waals surface area contributed by atoms with Gasteiger partial charge in [-0.25, -0.2) is 17.9 Å². The minimum absolute atomic E-state index is 0.105. The van der Waals surface area contributed by atoms with E-state index in [2.05, 4.69) is 10.0 Å². The van der Waals surface area contributed by atoms with E-state index in [0.717, 1.165) is 12.8 Å². The number of nitrogens with one attached hydrogen (secondary N) is 2. The predicted octanol–water partition coefficient (Wildman–Crippen LogP) is 3.03. The van der Waals surface area contributed by atoms with Gasteiger partial charge in [-0.1, -0.05) is 13.3 Å². The van der Waals surface area contributed by atoms with Crippen molar-refractivity contribution >= 4 is 21.7 Å². The molecule has 6 nitrogen and oxygen atoms in total. The van der Waals surface area contributed by atoms with Gasteiger partial charge in [0.15, 0.2) is 0 Å². The molecule has 0 saturated carbocycles. The fourth-order valence-corrected chi connectivity index (χ4v) is 3.53. The highest BCUT2D eigenvalue weighted by atomic mass is 32.2. The van der Waals surface area contributed by atoms with E-state index in [1.165, 1.54) is 12.1 Å². The third kappa shape index (κ3) is 5.84. The number of rotatable bonds is 8. The van der Waals surface area contributed by atoms with Crippen molar-refractivity contribution < 1.29 is 13.2 Å². The lowest BCUT2D eigenvalue weighted by Gasteiger charge is -2.19. The standard InChI is InChI=1S/C16H27N3O3S/c1-5-8-13(4)18-23(21,22)15-11-9-14(10-12-15)17-16(20)19(6-2)7-3/h9-13,18H,5-8H2,1-4H3,(H,17,20)/t13-/m1/s1. The molecule has 0 heterocycles. The maximum Gasteiger partial charge on any atom is 0.321 e. The summed E-state index contributed by atoms with van der Waals surface area (Å²) in [5.74, 6) is 0. The number of nitrogens with zero attached hydrogens (tertiary/aromatic N) is 1. The Morgan fingerprint density at radius 2 is 1.70 bits per heavy atom. The number of amides is 2. The Morgan fingerprint density at radius 1 is 1.13 bits per heavy atom. The van der Waals surface area contributed by atoms with E-state index in [-0.39, 0.29) is 17.0 Å². The van der Waals surface area contributed by atoms with Crippen LogP contribution in [0, 0.1) is 0 Å². The molecule has 130 valence electrons. The number of urea groups is 1. The summed E-state index contributed by atoms with van der Waals surface area (Å²) in [5, 5.41) is 2.76. The van der Waals surface area contributed by atoms with Crippen LogP contribution in [0.4, 0.5) is 10.5 Å². The lowest BCUT2D eigenvalue weighted by molar-refractivity contribution is 0.217. The molecule has 0 spiro atoms. The van der Waals surface area contributed by atoms with Crippen LogP contribution in [-0.2, 0) is 10.0 Å². The molecular weight excluding hydrogens is 314 g/mol. The molecule has 2 N–H and O–H groups in total. The number of sulfonamides is 1. The van der Waals surface area contributed by atoms with Gasteiger partial charge >= 0.3 is 6.03 Å². The van der Waals surface area contributed by atoms with Gasteiger partial charge in [-0.3, -0.25) is 0 Å². The Kier molecular flexibility index (Phi) is 7.51. The van der Waals surface area contributed by atoms with Crippen molar-refractivity contribution in [3.8, 4) is 0 Å². The average Bonchev–Trinajstić information content (AvgIpc) is 2.48. The summed E-state index contributed by atoms with van der Waals surface area (Å²) < 4.78 is 27.1. The number of carbonyl (C=O) groups excluding carboxylic acids is 1. The van der Waals surface area contributed by atoms with Gasteiger partial charge in [0.2, 0.25) is 10.0 Å². The second kappa shape index (κ2) is 8.88. The van der Waals surface area contributed by atoms with E-state index in [4.69, 9.17) is 0 Å². The number of hydrogen-bond acceptors (Lipinski definition) is 3. The summed E-state index contributed by atoms with van der Waals surface area (Å²) in [5.41, 5.74) is 0.572. The number of anilines is 1. The van der Waals surface area contributed by atoms with Crippen molar-refractivity contribution in [1.82, 2.24) is 9.62 Å². The van der Waals surface area contributed by atoms with Crippen molar-refractivity contribution in [2.24, 2.45) is 0 Å². The van der Waals surface area contributed by atoms with E-state index in [0.29, 0.717) is 18.8 Å². The van der Waals surface area contributed by atoms with E-state index in [9.17, 15) is 13.2 Å². The lowest BCUT2D eigenvalue weighted by Crippen LogP contribution is -2.34. The van der Waals surface area contributed by atoms with Crippen molar-refractivity contribution in [2.45, 2.75) is 51.5 Å². The Morgan fingerprint density at radius 3 is 2.17 bits per heavy atom. The van der Waals surface area contributed by atoms with Crippen LogP contribution in [0.2, 0.25) is 0 Å². The average molecular weight is 341 g/mol. The Hall–Kier alpha value is -1.60. The zero-order chi connectivity index (χ0) is 17.5. The predicted molar refractivity (Wildman–Crippen MR) is 93.1 cm³/mol. The fraction of sp³-hybridized carbons (Fsp3) is 0.562. The second-order valence-corrected chi connectivity index (χ2v) is 7.15. The quantitative estimate of drug-likeness (QED) is 0.763. The molecule has 0 bridgehead atoms. The van der Waals surface area contributed by atoms with Gasteiger partial charge in [0.25, 0.3) is 0 Å². The number of carbonyl (C=O) groups is 1. The maximum absolute atomic E-state index is 12.2. The SMILES string of the molecule is CCC[C@@H](C)NS(=O)(=O)c1ccc(NC(=O)N(CC)CC)cc1. The van der Waals surface area contributed by atoms with Gasteiger partial charge in [-0.05, 0) is 51.5 Å². The highest BCUT2D eigenvalue weighted by Gasteiger charge is 2.17. The van der Waals surface area contributed by atoms with Crippen molar-refractivity contribution in [3.63, 3.8) is 0 Å². The summed E-state index contributed by atoms with van der Waals surface area (Å²) in [4.78, 5) is 13.8. The molecule has 0 unspecified atom stereocenters. The zero-order valence-electron chi connectivity index (χ0n) is 14.3. The van der Waals surface area contributed by atoms with Gasteiger partial charge in [-0.15, -0.1) is 0 Å². The third-order valence-corrected chi connectivity index (χ3v) is 5.15. The third-order valence-electron chi connectivity index (χ3n) is 3.54. The molecule has 2 amide bonds. The van der Waals surface area contributed by atoms with E-state index in [1.807, 2.05) is 27.7 Å². The van der Waals surface area contributed by atoms with E-state index < -0.39 is 10.0 Å². The molecule has 0 aliphatic rings. The van der Waals surface area contributed by atoms with Crippen LogP contribution in [0.1, 0.15) is 40.5 Å².